The summed E-state index contributed by atoms with van der Waals surface area (Å²) in [5.41, 5.74) is 0. The highest BCUT2D eigenvalue weighted by Crippen LogP contribution is 2.03. The van der Waals surface area contributed by atoms with Crippen LogP contribution in [0.15, 0.2) is 12.2 Å². The van der Waals surface area contributed by atoms with Crippen LogP contribution in [0.1, 0.15) is 0 Å². The molecule has 1 fully saturated rings. The summed E-state index contributed by atoms with van der Waals surface area (Å²) >= 11 is 0. The summed E-state index contributed by atoms with van der Waals surface area (Å²) in [4.78, 5) is 38.8. The second-order valence-corrected chi connectivity index (χ2v) is 4.62. The number of carboxylic acids is 1. The van der Waals surface area contributed by atoms with E-state index in [0.717, 1.165) is 12.2 Å². The first-order chi connectivity index (χ1) is 8.90. The highest BCUT2D eigenvalue weighted by atomic mass is 16.4. The Bertz CT molecular complexity index is 384. The molecule has 0 aromatic rings. The molecule has 1 N–H and O–H groups in total. The van der Waals surface area contributed by atoms with Crippen LogP contribution in [-0.4, -0.2) is 84.4 Å². The van der Waals surface area contributed by atoms with E-state index in [1.165, 1.54) is 0 Å². The third-order valence-electron chi connectivity index (χ3n) is 2.76. The van der Waals surface area contributed by atoms with Crippen LogP contribution in [0.2, 0.25) is 0 Å². The van der Waals surface area contributed by atoms with Crippen molar-refractivity contribution in [2.45, 2.75) is 0 Å². The molecule has 0 spiro atoms. The van der Waals surface area contributed by atoms with Crippen LogP contribution >= 0.6 is 0 Å². The third kappa shape index (κ3) is 5.09. The second kappa shape index (κ2) is 6.89. The van der Waals surface area contributed by atoms with Crippen LogP contribution in [-0.2, 0) is 14.4 Å². The SMILES string of the molecule is CN(C)CC(=O)N1CCN(C(=O)/C=C/C(=O)O)CC1. The Hall–Kier alpha value is -1.89. The first-order valence-electron chi connectivity index (χ1n) is 6.02. The smallest absolute Gasteiger partial charge is 0.328 e. The van der Waals surface area contributed by atoms with Crippen molar-refractivity contribution in [3.63, 3.8) is 0 Å². The predicted molar refractivity (Wildman–Crippen MR) is 68.5 cm³/mol. The molecule has 1 rings (SSSR count). The molecule has 1 aliphatic heterocycles. The average Bonchev–Trinajstić information content (AvgIpc) is 2.35. The van der Waals surface area contributed by atoms with Gasteiger partial charge in [-0.2, -0.15) is 0 Å². The fourth-order valence-electron chi connectivity index (χ4n) is 1.79. The topological polar surface area (TPSA) is 81.2 Å². The van der Waals surface area contributed by atoms with Crippen LogP contribution in [0.4, 0.5) is 0 Å². The lowest BCUT2D eigenvalue weighted by molar-refractivity contribution is -0.137. The van der Waals surface area contributed by atoms with Crippen molar-refractivity contribution in [3.8, 4) is 0 Å². The van der Waals surface area contributed by atoms with Gasteiger partial charge in [-0.25, -0.2) is 4.79 Å². The van der Waals surface area contributed by atoms with Crippen molar-refractivity contribution in [2.24, 2.45) is 0 Å². The van der Waals surface area contributed by atoms with Gasteiger partial charge in [-0.3, -0.25) is 9.59 Å². The lowest BCUT2D eigenvalue weighted by atomic mass is 10.3. The monoisotopic (exact) mass is 269 g/mol. The van der Waals surface area contributed by atoms with E-state index in [4.69, 9.17) is 5.11 Å². The molecule has 7 nitrogen and oxygen atoms in total. The lowest BCUT2D eigenvalue weighted by Gasteiger charge is -2.34. The average molecular weight is 269 g/mol. The zero-order valence-electron chi connectivity index (χ0n) is 11.2. The molecule has 19 heavy (non-hydrogen) atoms. The first kappa shape index (κ1) is 15.2. The number of carboxylic acid groups (broad SMARTS) is 1. The molecule has 1 saturated heterocycles. The summed E-state index contributed by atoms with van der Waals surface area (Å²) in [6.07, 6.45) is 1.87. The molecule has 0 atom stereocenters. The number of aliphatic carboxylic acids is 1. The molecule has 1 aliphatic rings. The lowest BCUT2D eigenvalue weighted by Crippen LogP contribution is -2.51. The normalized spacial score (nSPS) is 16.2. The van der Waals surface area contributed by atoms with E-state index in [2.05, 4.69) is 0 Å². The van der Waals surface area contributed by atoms with Gasteiger partial charge in [0.2, 0.25) is 11.8 Å². The van der Waals surface area contributed by atoms with Crippen LogP contribution < -0.4 is 0 Å². The number of amides is 2. The zero-order chi connectivity index (χ0) is 14.4. The quantitative estimate of drug-likeness (QED) is 0.652. The first-order valence-corrected chi connectivity index (χ1v) is 6.02. The van der Waals surface area contributed by atoms with Crippen LogP contribution in [0.25, 0.3) is 0 Å². The standard InChI is InChI=1S/C12H19N3O4/c1-13(2)9-11(17)15-7-5-14(6-8-15)10(16)3-4-12(18)19/h3-4H,5-9H2,1-2H3,(H,18,19)/b4-3+. The number of hydrogen-bond donors (Lipinski definition) is 1. The molecule has 0 aromatic carbocycles. The van der Waals surface area contributed by atoms with Crippen LogP contribution in [0, 0.1) is 0 Å². The number of nitrogens with zero attached hydrogens (tertiary/aromatic N) is 3. The number of carbonyl (C=O) groups is 3. The van der Waals surface area contributed by atoms with Gasteiger partial charge in [0.1, 0.15) is 0 Å². The maximum absolute atomic E-state index is 11.8. The summed E-state index contributed by atoms with van der Waals surface area (Å²) < 4.78 is 0. The third-order valence-corrected chi connectivity index (χ3v) is 2.76. The Labute approximate surface area is 112 Å². The molecule has 0 radical (unpaired) electrons. The fraction of sp³-hybridized carbons (Fsp3) is 0.583. The van der Waals surface area contributed by atoms with Gasteiger partial charge in [0.05, 0.1) is 6.54 Å². The van der Waals surface area contributed by atoms with E-state index in [-0.39, 0.29) is 11.8 Å². The maximum Gasteiger partial charge on any atom is 0.328 e. The van der Waals surface area contributed by atoms with E-state index in [9.17, 15) is 14.4 Å². The van der Waals surface area contributed by atoms with Gasteiger partial charge in [0.25, 0.3) is 0 Å². The Morgan fingerprint density at radius 3 is 2.05 bits per heavy atom. The number of likely N-dealkylation sites (N-methyl/N-ethyl adjacent to an activating group) is 1. The van der Waals surface area contributed by atoms with Crippen molar-refractivity contribution >= 4 is 17.8 Å². The predicted octanol–water partition coefficient (Wildman–Crippen LogP) is -1.14. The van der Waals surface area contributed by atoms with Crippen molar-refractivity contribution in [1.82, 2.24) is 14.7 Å². The second-order valence-electron chi connectivity index (χ2n) is 4.62. The Kier molecular flexibility index (Phi) is 5.50. The molecule has 106 valence electrons. The maximum atomic E-state index is 11.8. The van der Waals surface area contributed by atoms with Crippen molar-refractivity contribution in [1.29, 1.82) is 0 Å². The van der Waals surface area contributed by atoms with Gasteiger partial charge >= 0.3 is 5.97 Å². The van der Waals surface area contributed by atoms with E-state index < -0.39 is 5.97 Å². The fourth-order valence-corrected chi connectivity index (χ4v) is 1.79. The van der Waals surface area contributed by atoms with Gasteiger partial charge in [-0.15, -0.1) is 0 Å². The van der Waals surface area contributed by atoms with Crippen LogP contribution in [0.5, 0.6) is 0 Å². The number of hydrogen-bond acceptors (Lipinski definition) is 4. The summed E-state index contributed by atoms with van der Waals surface area (Å²) in [5.74, 6) is -1.44. The summed E-state index contributed by atoms with van der Waals surface area (Å²) in [7, 11) is 3.66. The minimum absolute atomic E-state index is 0.0400. The molecule has 0 aromatic heterocycles. The Morgan fingerprint density at radius 2 is 1.58 bits per heavy atom. The van der Waals surface area contributed by atoms with Crippen LogP contribution in [0.3, 0.4) is 0 Å². The van der Waals surface area contributed by atoms with Gasteiger partial charge in [0, 0.05) is 38.3 Å². The molecule has 1 heterocycles. The zero-order valence-corrected chi connectivity index (χ0v) is 11.2. The van der Waals surface area contributed by atoms with E-state index >= 15 is 0 Å². The molecule has 7 heteroatoms. The van der Waals surface area contributed by atoms with Crippen molar-refractivity contribution < 1.29 is 19.5 Å². The molecule has 0 unspecified atom stereocenters. The van der Waals surface area contributed by atoms with E-state index in [0.29, 0.717) is 32.7 Å². The molecule has 0 aliphatic carbocycles. The highest BCUT2D eigenvalue weighted by molar-refractivity contribution is 5.94. The number of piperazine rings is 1. The molecule has 2 amide bonds. The summed E-state index contributed by atoms with van der Waals surface area (Å²) in [5, 5.41) is 8.44. The minimum atomic E-state index is -1.15. The highest BCUT2D eigenvalue weighted by Gasteiger charge is 2.23. The minimum Gasteiger partial charge on any atom is -0.478 e. The number of carbonyl (C=O) groups excluding carboxylic acids is 2. The molecular weight excluding hydrogens is 250 g/mol. The van der Waals surface area contributed by atoms with Crippen molar-refractivity contribution in [2.75, 3.05) is 46.8 Å². The van der Waals surface area contributed by atoms with E-state index in [1.807, 2.05) is 14.1 Å². The van der Waals surface area contributed by atoms with E-state index in [1.54, 1.807) is 14.7 Å². The number of rotatable bonds is 4. The summed E-state index contributed by atoms with van der Waals surface area (Å²) in [6.45, 7) is 2.19. The summed E-state index contributed by atoms with van der Waals surface area (Å²) in [6, 6.07) is 0. The Morgan fingerprint density at radius 1 is 1.05 bits per heavy atom. The largest absolute Gasteiger partial charge is 0.478 e. The van der Waals surface area contributed by atoms with Crippen molar-refractivity contribution in [3.05, 3.63) is 12.2 Å². The van der Waals surface area contributed by atoms with Gasteiger partial charge in [-0.05, 0) is 14.1 Å². The molecule has 0 bridgehead atoms. The molecular formula is C12H19N3O4. The van der Waals surface area contributed by atoms with Gasteiger partial charge in [-0.1, -0.05) is 0 Å². The molecule has 0 saturated carbocycles. The Balaban J connectivity index is 2.42. The van der Waals surface area contributed by atoms with Gasteiger partial charge in [0.15, 0.2) is 0 Å². The van der Waals surface area contributed by atoms with Gasteiger partial charge < -0.3 is 19.8 Å².